The zero-order chi connectivity index (χ0) is 20.9. The van der Waals surface area contributed by atoms with Gasteiger partial charge in [-0.25, -0.2) is 0 Å². The molecule has 1 N–H and O–H groups in total. The second-order valence-corrected chi connectivity index (χ2v) is 8.74. The van der Waals surface area contributed by atoms with Gasteiger partial charge >= 0.3 is 6.18 Å². The van der Waals surface area contributed by atoms with Crippen molar-refractivity contribution in [1.82, 2.24) is 19.0 Å². The van der Waals surface area contributed by atoms with Crippen LogP contribution in [0.25, 0.3) is 5.65 Å². The van der Waals surface area contributed by atoms with E-state index in [0.717, 1.165) is 31.6 Å². The lowest BCUT2D eigenvalue weighted by Crippen LogP contribution is -2.48. The molecular weight excluding hydrogens is 417 g/mol. The van der Waals surface area contributed by atoms with Crippen LogP contribution in [-0.4, -0.2) is 50.9 Å². The molecule has 0 spiro atoms. The molecule has 11 heteroatoms. The lowest BCUT2D eigenvalue weighted by atomic mass is 9.92. The van der Waals surface area contributed by atoms with Gasteiger partial charge in [0.1, 0.15) is 5.00 Å². The third kappa shape index (κ3) is 3.78. The monoisotopic (exact) mass is 438 g/mol. The average molecular weight is 438 g/mol. The maximum atomic E-state index is 12.5. The van der Waals surface area contributed by atoms with Crippen LogP contribution in [0.2, 0.25) is 0 Å². The summed E-state index contributed by atoms with van der Waals surface area (Å²) in [7, 11) is 0. The highest BCUT2D eigenvalue weighted by atomic mass is 32.1. The van der Waals surface area contributed by atoms with Crippen molar-refractivity contribution >= 4 is 28.1 Å². The Balaban J connectivity index is 1.31. The Morgan fingerprint density at radius 3 is 2.67 bits per heavy atom. The van der Waals surface area contributed by atoms with Gasteiger partial charge in [-0.1, -0.05) is 6.07 Å². The fourth-order valence-corrected chi connectivity index (χ4v) is 5.27. The Hall–Kier alpha value is -2.56. The van der Waals surface area contributed by atoms with Gasteiger partial charge in [-0.3, -0.25) is 0 Å². The van der Waals surface area contributed by atoms with Crippen LogP contribution in [0.15, 0.2) is 24.3 Å². The molecule has 2 aliphatic rings. The molecule has 30 heavy (non-hydrogen) atoms. The highest BCUT2D eigenvalue weighted by Crippen LogP contribution is 2.40. The van der Waals surface area contributed by atoms with E-state index in [1.165, 1.54) is 27.1 Å². The number of nitrogens with one attached hydrogen (secondary N) is 1. The van der Waals surface area contributed by atoms with E-state index in [-0.39, 0.29) is 11.9 Å². The molecule has 1 aliphatic heterocycles. The molecule has 3 atom stereocenters. The number of rotatable bonds is 5. The topological polar surface area (TPSA) is 67.6 Å². The predicted molar refractivity (Wildman–Crippen MR) is 107 cm³/mol. The van der Waals surface area contributed by atoms with E-state index in [9.17, 15) is 13.2 Å². The number of aryl methyl sites for hydroxylation is 1. The Kier molecular flexibility index (Phi) is 4.72. The van der Waals surface area contributed by atoms with Crippen molar-refractivity contribution < 1.29 is 17.9 Å². The molecule has 160 valence electrons. The Morgan fingerprint density at radius 1 is 1.23 bits per heavy atom. The first kappa shape index (κ1) is 19.4. The minimum Gasteiger partial charge on any atom is -0.468 e. The Morgan fingerprint density at radius 2 is 2.00 bits per heavy atom. The van der Waals surface area contributed by atoms with Crippen molar-refractivity contribution in [3.05, 3.63) is 30.0 Å². The lowest BCUT2D eigenvalue weighted by molar-refractivity contribution is -0.154. The van der Waals surface area contributed by atoms with Gasteiger partial charge in [-0.05, 0) is 55.3 Å². The summed E-state index contributed by atoms with van der Waals surface area (Å²) in [6.45, 7) is 2.53. The molecule has 2 bridgehead atoms. The van der Waals surface area contributed by atoms with E-state index >= 15 is 0 Å². The van der Waals surface area contributed by atoms with E-state index in [4.69, 9.17) is 4.74 Å². The molecular formula is C19H21F3N6OS. The van der Waals surface area contributed by atoms with Gasteiger partial charge in [-0.2, -0.15) is 27.0 Å². The molecule has 2 fully saturated rings. The number of hydrogen-bond donors (Lipinski definition) is 1. The maximum absolute atomic E-state index is 12.5. The van der Waals surface area contributed by atoms with Gasteiger partial charge in [0.15, 0.2) is 12.3 Å². The smallest absolute Gasteiger partial charge is 0.422 e. The van der Waals surface area contributed by atoms with Crippen LogP contribution < -0.4 is 15.0 Å². The maximum Gasteiger partial charge on any atom is 0.422 e. The van der Waals surface area contributed by atoms with Crippen LogP contribution in [0, 0.1) is 18.8 Å². The molecule has 1 saturated heterocycles. The highest BCUT2D eigenvalue weighted by molar-refractivity contribution is 7.10. The summed E-state index contributed by atoms with van der Waals surface area (Å²) in [4.78, 5) is 6.86. The van der Waals surface area contributed by atoms with Crippen LogP contribution in [-0.2, 0) is 0 Å². The summed E-state index contributed by atoms with van der Waals surface area (Å²) in [5.41, 5.74) is 1.49. The molecule has 0 radical (unpaired) electrons. The second-order valence-electron chi connectivity index (χ2n) is 7.95. The number of hydrogen-bond acceptors (Lipinski definition) is 7. The number of alkyl halides is 3. The summed E-state index contributed by atoms with van der Waals surface area (Å²) < 4.78 is 48.1. The van der Waals surface area contributed by atoms with Gasteiger partial charge in [0.25, 0.3) is 0 Å². The number of aromatic nitrogens is 4. The normalized spacial score (nSPS) is 23.9. The molecule has 0 amide bonds. The molecule has 7 nitrogen and oxygen atoms in total. The third-order valence-electron chi connectivity index (χ3n) is 5.77. The van der Waals surface area contributed by atoms with Crippen molar-refractivity contribution in [3.8, 4) is 5.88 Å². The van der Waals surface area contributed by atoms with E-state index in [1.54, 1.807) is 12.1 Å². The number of halogens is 3. The number of ether oxygens (including phenoxy) is 1. The number of anilines is 2. The van der Waals surface area contributed by atoms with Crippen molar-refractivity contribution in [3.63, 3.8) is 0 Å². The molecule has 0 aromatic carbocycles. The van der Waals surface area contributed by atoms with E-state index in [2.05, 4.69) is 30.7 Å². The molecule has 1 unspecified atom stereocenters. The second kappa shape index (κ2) is 7.29. The van der Waals surface area contributed by atoms with Crippen LogP contribution in [0.4, 0.5) is 24.1 Å². The van der Waals surface area contributed by atoms with Crippen LogP contribution >= 0.6 is 11.5 Å². The standard InChI is InChI=1S/C19H21F3N6OS/c1-11-7-16(30-26-11)27-8-12-5-6-13(9-27)17(12)24-18-23-14-3-2-4-15(28(14)25-18)29-10-19(20,21)22/h2-4,7,12-13,17H,5-6,8-10H2,1H3,(H,24,25)/t12-,13+,17?. The zero-order valence-electron chi connectivity index (χ0n) is 16.3. The molecule has 1 aliphatic carbocycles. The summed E-state index contributed by atoms with van der Waals surface area (Å²) in [5.74, 6) is 1.35. The quantitative estimate of drug-likeness (QED) is 0.654. The Labute approximate surface area is 175 Å². The number of piperidine rings is 1. The molecule has 3 aromatic heterocycles. The van der Waals surface area contributed by atoms with Crippen LogP contribution in [0.1, 0.15) is 18.5 Å². The van der Waals surface area contributed by atoms with Gasteiger partial charge in [0.2, 0.25) is 11.8 Å². The van der Waals surface area contributed by atoms with Gasteiger partial charge in [0, 0.05) is 25.2 Å². The van der Waals surface area contributed by atoms with E-state index < -0.39 is 12.8 Å². The van der Waals surface area contributed by atoms with E-state index in [0.29, 0.717) is 23.4 Å². The Bertz CT molecular complexity index is 1040. The van der Waals surface area contributed by atoms with E-state index in [1.807, 2.05) is 6.92 Å². The average Bonchev–Trinajstić information content (AvgIpc) is 3.36. The van der Waals surface area contributed by atoms with Crippen LogP contribution in [0.3, 0.4) is 0 Å². The van der Waals surface area contributed by atoms with Crippen LogP contribution in [0.5, 0.6) is 5.88 Å². The molecule has 1 saturated carbocycles. The number of fused-ring (bicyclic) bond motifs is 3. The summed E-state index contributed by atoms with van der Waals surface area (Å²) in [6, 6.07) is 7.13. The molecule has 4 heterocycles. The van der Waals surface area contributed by atoms with Gasteiger partial charge in [0.05, 0.1) is 5.69 Å². The third-order valence-corrected chi connectivity index (χ3v) is 6.71. The van der Waals surface area contributed by atoms with Crippen molar-refractivity contribution in [2.24, 2.45) is 11.8 Å². The van der Waals surface area contributed by atoms with Crippen molar-refractivity contribution in [2.45, 2.75) is 32.0 Å². The SMILES string of the molecule is Cc1cc(N2C[C@H]3CC[C@@H](C2)C3Nc2nc3cccc(OCC(F)(F)F)n3n2)sn1. The van der Waals surface area contributed by atoms with Gasteiger partial charge < -0.3 is 15.0 Å². The first-order valence-corrected chi connectivity index (χ1v) is 10.6. The fourth-order valence-electron chi connectivity index (χ4n) is 4.49. The minimum absolute atomic E-state index is 0.0173. The lowest BCUT2D eigenvalue weighted by Gasteiger charge is -2.38. The first-order chi connectivity index (χ1) is 14.4. The predicted octanol–water partition coefficient (Wildman–Crippen LogP) is 3.76. The summed E-state index contributed by atoms with van der Waals surface area (Å²) in [6.07, 6.45) is -2.15. The fraction of sp³-hybridized carbons (Fsp3) is 0.526. The molecule has 5 rings (SSSR count). The summed E-state index contributed by atoms with van der Waals surface area (Å²) >= 11 is 1.54. The molecule has 3 aromatic rings. The number of pyridine rings is 1. The van der Waals surface area contributed by atoms with Gasteiger partial charge in [-0.15, -0.1) is 5.10 Å². The van der Waals surface area contributed by atoms with Crippen molar-refractivity contribution in [1.29, 1.82) is 0 Å². The summed E-state index contributed by atoms with van der Waals surface area (Å²) in [5, 5.41) is 9.02. The minimum atomic E-state index is -4.41. The zero-order valence-corrected chi connectivity index (χ0v) is 17.1. The largest absolute Gasteiger partial charge is 0.468 e. The van der Waals surface area contributed by atoms with Crippen molar-refractivity contribution in [2.75, 3.05) is 29.9 Å². The number of nitrogens with zero attached hydrogens (tertiary/aromatic N) is 5. The first-order valence-electron chi connectivity index (χ1n) is 9.86. The highest BCUT2D eigenvalue weighted by Gasteiger charge is 2.43.